The molecule has 1 aromatic heterocycles. The van der Waals surface area contributed by atoms with Crippen molar-refractivity contribution in [3.05, 3.63) is 28.5 Å². The summed E-state index contributed by atoms with van der Waals surface area (Å²) in [5, 5.41) is 0. The highest BCUT2D eigenvalue weighted by molar-refractivity contribution is 7.71. The van der Waals surface area contributed by atoms with Crippen molar-refractivity contribution in [3.8, 4) is 0 Å². The number of hydrogen-bond donors (Lipinski definition) is 1. The summed E-state index contributed by atoms with van der Waals surface area (Å²) in [5.74, 6) is 0.146. The number of amides is 1. The van der Waals surface area contributed by atoms with Crippen molar-refractivity contribution in [1.82, 2.24) is 14.5 Å². The molecule has 0 aliphatic carbocycles. The van der Waals surface area contributed by atoms with Gasteiger partial charge in [-0.05, 0) is 43.3 Å². The normalized spacial score (nSPS) is 20.0. The van der Waals surface area contributed by atoms with Crippen LogP contribution in [0.25, 0.3) is 11.0 Å². The van der Waals surface area contributed by atoms with Gasteiger partial charge in [-0.15, -0.1) is 0 Å². The van der Waals surface area contributed by atoms with E-state index in [2.05, 4.69) is 11.1 Å². The number of imidazole rings is 1. The van der Waals surface area contributed by atoms with Crippen LogP contribution in [0.2, 0.25) is 0 Å². The van der Waals surface area contributed by atoms with E-state index in [-0.39, 0.29) is 11.9 Å². The number of likely N-dealkylation sites (tertiary alicyclic amines) is 1. The number of nitrogens with zero attached hydrogens (tertiary/aromatic N) is 2. The fourth-order valence-corrected chi connectivity index (χ4v) is 2.93. The molecule has 0 bridgehead atoms. The zero-order valence-electron chi connectivity index (χ0n) is 10.4. The molecule has 1 amide bonds. The molecule has 0 radical (unpaired) electrons. The number of carbonyl (C=O) groups is 1. The Balaban J connectivity index is 2.20. The van der Waals surface area contributed by atoms with Gasteiger partial charge in [0.15, 0.2) is 4.77 Å². The van der Waals surface area contributed by atoms with Crippen LogP contribution in [0.4, 0.5) is 0 Å². The maximum absolute atomic E-state index is 12.1. The summed E-state index contributed by atoms with van der Waals surface area (Å²) in [4.78, 5) is 17.1. The van der Waals surface area contributed by atoms with E-state index >= 15 is 0 Å². The van der Waals surface area contributed by atoms with Gasteiger partial charge in [0, 0.05) is 13.6 Å². The van der Waals surface area contributed by atoms with Gasteiger partial charge in [-0.25, -0.2) is 0 Å². The Labute approximate surface area is 110 Å². The molecule has 0 saturated carbocycles. The Kier molecular flexibility index (Phi) is 2.52. The van der Waals surface area contributed by atoms with Gasteiger partial charge in [-0.3, -0.25) is 4.79 Å². The fourth-order valence-electron chi connectivity index (χ4n) is 2.60. The second kappa shape index (κ2) is 3.95. The van der Waals surface area contributed by atoms with Crippen LogP contribution >= 0.6 is 12.2 Å². The molecule has 1 aliphatic heterocycles. The molecule has 2 heterocycles. The molecule has 0 spiro atoms. The number of H-pyrrole nitrogens is 1. The minimum atomic E-state index is -0.154. The van der Waals surface area contributed by atoms with E-state index in [4.69, 9.17) is 12.2 Å². The Hall–Kier alpha value is -1.62. The number of benzene rings is 1. The molecule has 1 fully saturated rings. The van der Waals surface area contributed by atoms with Crippen LogP contribution in [0.1, 0.15) is 18.0 Å². The predicted octanol–water partition coefficient (Wildman–Crippen LogP) is 2.41. The lowest BCUT2D eigenvalue weighted by Crippen LogP contribution is -2.24. The predicted molar refractivity (Wildman–Crippen MR) is 73.2 cm³/mol. The van der Waals surface area contributed by atoms with Gasteiger partial charge in [-0.1, -0.05) is 6.07 Å². The smallest absolute Gasteiger partial charge is 0.245 e. The first-order chi connectivity index (χ1) is 8.58. The second-order valence-electron chi connectivity index (χ2n) is 4.89. The van der Waals surface area contributed by atoms with Crippen LogP contribution in [0.15, 0.2) is 18.2 Å². The van der Waals surface area contributed by atoms with Gasteiger partial charge in [-0.2, -0.15) is 0 Å². The van der Waals surface area contributed by atoms with E-state index < -0.39 is 0 Å². The summed E-state index contributed by atoms with van der Waals surface area (Å²) in [6.07, 6.45) is 0.824. The van der Waals surface area contributed by atoms with E-state index in [1.165, 1.54) is 5.56 Å². The van der Waals surface area contributed by atoms with Crippen LogP contribution in [-0.2, 0) is 4.79 Å². The van der Waals surface area contributed by atoms with Crippen LogP contribution in [-0.4, -0.2) is 34.0 Å². The van der Waals surface area contributed by atoms with Gasteiger partial charge in [0.05, 0.1) is 11.0 Å². The van der Waals surface area contributed by atoms with E-state index in [1.807, 2.05) is 30.7 Å². The fraction of sp³-hybridized carbons (Fsp3) is 0.385. The van der Waals surface area contributed by atoms with Crippen LogP contribution < -0.4 is 0 Å². The summed E-state index contributed by atoms with van der Waals surface area (Å²) >= 11 is 5.36. The first kappa shape index (κ1) is 11.5. The Bertz CT molecular complexity index is 685. The third-order valence-electron chi connectivity index (χ3n) is 3.58. The maximum Gasteiger partial charge on any atom is 0.245 e. The van der Waals surface area contributed by atoms with Crippen LogP contribution in [0.3, 0.4) is 0 Å². The largest absolute Gasteiger partial charge is 0.344 e. The number of aromatic amines is 1. The quantitative estimate of drug-likeness (QED) is 0.801. The van der Waals surface area contributed by atoms with Crippen molar-refractivity contribution in [1.29, 1.82) is 0 Å². The Morgan fingerprint density at radius 1 is 1.44 bits per heavy atom. The summed E-state index contributed by atoms with van der Waals surface area (Å²) in [7, 11) is 1.84. The standard InChI is InChI=1S/C13H15N3OS/c1-8-3-4-10-9(7-8)14-13(18)16(10)11-5-6-15(2)12(11)17/h3-4,7,11H,5-6H2,1-2H3,(H,14,18). The number of rotatable bonds is 1. The van der Waals surface area contributed by atoms with Gasteiger partial charge >= 0.3 is 0 Å². The van der Waals surface area contributed by atoms with Crippen molar-refractivity contribution < 1.29 is 4.79 Å². The van der Waals surface area contributed by atoms with E-state index in [0.29, 0.717) is 4.77 Å². The SMILES string of the molecule is Cc1ccc2c(c1)[nH]c(=S)n2C1CCN(C)C1=O. The number of hydrogen-bond acceptors (Lipinski definition) is 2. The lowest BCUT2D eigenvalue weighted by molar-refractivity contribution is -0.129. The van der Waals surface area contributed by atoms with Crippen LogP contribution in [0, 0.1) is 11.7 Å². The molecule has 1 saturated heterocycles. The van der Waals surface area contributed by atoms with E-state index in [0.717, 1.165) is 24.0 Å². The molecule has 94 valence electrons. The molecular weight excluding hydrogens is 246 g/mol. The zero-order valence-corrected chi connectivity index (χ0v) is 11.3. The van der Waals surface area contributed by atoms with Crippen molar-refractivity contribution in [2.24, 2.45) is 0 Å². The zero-order chi connectivity index (χ0) is 12.9. The van der Waals surface area contributed by atoms with E-state index in [9.17, 15) is 4.79 Å². The summed E-state index contributed by atoms with van der Waals surface area (Å²) < 4.78 is 2.58. The summed E-state index contributed by atoms with van der Waals surface area (Å²) in [6, 6.07) is 5.98. The Morgan fingerprint density at radius 2 is 2.22 bits per heavy atom. The molecule has 1 atom stereocenters. The molecule has 2 aromatic rings. The lowest BCUT2D eigenvalue weighted by Gasteiger charge is -2.12. The molecule has 1 unspecified atom stereocenters. The number of aryl methyl sites for hydroxylation is 1. The molecular formula is C13H15N3OS. The molecule has 18 heavy (non-hydrogen) atoms. The third kappa shape index (κ3) is 1.58. The number of carbonyl (C=O) groups excluding carboxylic acids is 1. The van der Waals surface area contributed by atoms with Crippen molar-refractivity contribution in [2.75, 3.05) is 13.6 Å². The first-order valence-corrected chi connectivity index (χ1v) is 6.44. The topological polar surface area (TPSA) is 41.0 Å². The van der Waals surface area contributed by atoms with Crippen LogP contribution in [0.5, 0.6) is 0 Å². The average molecular weight is 261 g/mol. The molecule has 5 heteroatoms. The number of likely N-dealkylation sites (N-methyl/N-ethyl adjacent to an activating group) is 1. The molecule has 3 rings (SSSR count). The summed E-state index contributed by atoms with van der Waals surface area (Å²) in [6.45, 7) is 2.84. The highest BCUT2D eigenvalue weighted by Gasteiger charge is 2.31. The monoisotopic (exact) mass is 261 g/mol. The Morgan fingerprint density at radius 3 is 2.89 bits per heavy atom. The molecule has 1 N–H and O–H groups in total. The maximum atomic E-state index is 12.1. The van der Waals surface area contributed by atoms with Gasteiger partial charge < -0.3 is 14.5 Å². The van der Waals surface area contributed by atoms with E-state index in [1.54, 1.807) is 4.90 Å². The highest BCUT2D eigenvalue weighted by Crippen LogP contribution is 2.27. The van der Waals surface area contributed by atoms with Gasteiger partial charge in [0.25, 0.3) is 0 Å². The number of nitrogens with one attached hydrogen (secondary N) is 1. The number of aromatic nitrogens is 2. The average Bonchev–Trinajstić information content (AvgIpc) is 2.80. The lowest BCUT2D eigenvalue weighted by atomic mass is 10.2. The number of fused-ring (bicyclic) bond motifs is 1. The highest BCUT2D eigenvalue weighted by atomic mass is 32.1. The van der Waals surface area contributed by atoms with Gasteiger partial charge in [0.2, 0.25) is 5.91 Å². The third-order valence-corrected chi connectivity index (χ3v) is 3.88. The molecule has 1 aliphatic rings. The minimum absolute atomic E-state index is 0.146. The first-order valence-electron chi connectivity index (χ1n) is 6.04. The minimum Gasteiger partial charge on any atom is -0.344 e. The molecule has 4 nitrogen and oxygen atoms in total. The molecule has 1 aromatic carbocycles. The summed E-state index contributed by atoms with van der Waals surface area (Å²) in [5.41, 5.74) is 3.20. The second-order valence-corrected chi connectivity index (χ2v) is 5.27. The van der Waals surface area contributed by atoms with Crippen molar-refractivity contribution in [3.63, 3.8) is 0 Å². The van der Waals surface area contributed by atoms with Gasteiger partial charge in [0.1, 0.15) is 6.04 Å². The van der Waals surface area contributed by atoms with Crippen molar-refractivity contribution >= 4 is 29.2 Å². The van der Waals surface area contributed by atoms with Crippen molar-refractivity contribution in [2.45, 2.75) is 19.4 Å².